The van der Waals surface area contributed by atoms with Crippen molar-refractivity contribution in [2.45, 2.75) is 70.6 Å². The van der Waals surface area contributed by atoms with E-state index < -0.39 is 42.3 Å². The number of alkyl halides is 3. The largest absolute Gasteiger partial charge is 0.511 e. The number of aromatic nitrogens is 1. The second-order valence-electron chi connectivity index (χ2n) is 10.8. The number of hydrogen-bond acceptors (Lipinski definition) is 9. The Kier molecular flexibility index (Phi) is 11.3. The van der Waals surface area contributed by atoms with Crippen molar-refractivity contribution >= 4 is 35.3 Å². The zero-order valence-electron chi connectivity index (χ0n) is 25.7. The summed E-state index contributed by atoms with van der Waals surface area (Å²) in [5, 5.41) is 9.61. The average Bonchev–Trinajstić information content (AvgIpc) is 3.04. The molecule has 10 nitrogen and oxygen atoms in total. The smallest absolute Gasteiger partial charge is 0.477 e. The van der Waals surface area contributed by atoms with Gasteiger partial charge < -0.3 is 23.8 Å². The molecule has 1 fully saturated rings. The van der Waals surface area contributed by atoms with E-state index in [9.17, 15) is 32.8 Å². The fourth-order valence-electron chi connectivity index (χ4n) is 4.92. The van der Waals surface area contributed by atoms with E-state index in [1.807, 2.05) is 0 Å². The van der Waals surface area contributed by atoms with Crippen LogP contribution < -0.4 is 9.64 Å². The summed E-state index contributed by atoms with van der Waals surface area (Å²) in [5.74, 6) is -1.26. The quantitative estimate of drug-likeness (QED) is 0.166. The van der Waals surface area contributed by atoms with E-state index in [1.54, 1.807) is 24.3 Å². The van der Waals surface area contributed by atoms with Crippen molar-refractivity contribution in [2.75, 3.05) is 11.9 Å². The van der Waals surface area contributed by atoms with Gasteiger partial charge in [0, 0.05) is 41.9 Å². The lowest BCUT2D eigenvalue weighted by Crippen LogP contribution is -2.33. The van der Waals surface area contributed by atoms with Gasteiger partial charge in [0.15, 0.2) is 6.10 Å². The van der Waals surface area contributed by atoms with Gasteiger partial charge in [0.25, 0.3) is 5.91 Å². The number of hydrogen-bond donors (Lipinski definition) is 0. The number of amides is 1. The second-order valence-corrected chi connectivity index (χ2v) is 11.2. The number of esters is 1. The average molecular weight is 674 g/mol. The normalized spacial score (nSPS) is 14.7. The summed E-state index contributed by atoms with van der Waals surface area (Å²) in [7, 11) is 1.45. The Balaban J connectivity index is 1.46. The summed E-state index contributed by atoms with van der Waals surface area (Å²) in [5.41, 5.74) is -1.07. The monoisotopic (exact) mass is 673 g/mol. The highest BCUT2D eigenvalue weighted by Gasteiger charge is 2.33. The lowest BCUT2D eigenvalue weighted by Gasteiger charge is -2.24. The predicted molar refractivity (Wildman–Crippen MR) is 164 cm³/mol. The number of pyridine rings is 1. The molecular formula is C33H31ClF3N3O7. The van der Waals surface area contributed by atoms with Crippen LogP contribution in [0.3, 0.4) is 0 Å². The molecule has 2 unspecified atom stereocenters. The Morgan fingerprint density at radius 1 is 1.02 bits per heavy atom. The fraction of sp³-hybridized carbons (Fsp3) is 0.364. The molecule has 1 aliphatic carbocycles. The topological polar surface area (TPSA) is 128 Å². The maximum atomic E-state index is 13.6. The van der Waals surface area contributed by atoms with E-state index in [0.717, 1.165) is 38.3 Å². The van der Waals surface area contributed by atoms with Gasteiger partial charge in [-0.05, 0) is 69.0 Å². The lowest BCUT2D eigenvalue weighted by atomic mass is 9.98. The van der Waals surface area contributed by atoms with Crippen LogP contribution in [0, 0.1) is 11.3 Å². The van der Waals surface area contributed by atoms with Crippen molar-refractivity contribution in [3.05, 3.63) is 76.6 Å². The Hall–Kier alpha value is -4.83. The molecule has 0 radical (unpaired) electrons. The third-order valence-corrected chi connectivity index (χ3v) is 7.67. The molecule has 14 heteroatoms. The summed E-state index contributed by atoms with van der Waals surface area (Å²) in [6.45, 7) is 2.79. The van der Waals surface area contributed by atoms with Crippen molar-refractivity contribution in [1.29, 1.82) is 5.26 Å². The molecule has 4 rings (SSSR count). The number of ether oxygens (including phenoxy) is 4. The molecule has 0 saturated heterocycles. The van der Waals surface area contributed by atoms with Crippen LogP contribution in [-0.2, 0) is 25.2 Å². The van der Waals surface area contributed by atoms with Crippen LogP contribution in [0.25, 0.3) is 11.1 Å². The minimum Gasteiger partial charge on any atom is -0.477 e. The molecule has 0 spiro atoms. The Morgan fingerprint density at radius 3 is 2.40 bits per heavy atom. The summed E-state index contributed by atoms with van der Waals surface area (Å²) >= 11 is 6.33. The molecule has 1 saturated carbocycles. The van der Waals surface area contributed by atoms with Gasteiger partial charge in [-0.15, -0.1) is 0 Å². The summed E-state index contributed by atoms with van der Waals surface area (Å²) in [6, 6.07) is 12.9. The molecule has 2 atom stereocenters. The SMILES string of the molecule is CC(OC(=O)OC1CCCCC1)OC(=O)C(C)Oc1ccccc1N(C)C(=O)c1ccc(Cl)c(-c2cnc(C(F)(F)F)cc2C#N)c1. The van der Waals surface area contributed by atoms with Crippen molar-refractivity contribution in [2.24, 2.45) is 0 Å². The number of carbonyl (C=O) groups is 3. The maximum absolute atomic E-state index is 13.6. The Bertz CT molecular complexity index is 1670. The predicted octanol–water partition coefficient (Wildman–Crippen LogP) is 7.71. The molecular weight excluding hydrogens is 643 g/mol. The van der Waals surface area contributed by atoms with E-state index >= 15 is 0 Å². The van der Waals surface area contributed by atoms with Crippen molar-refractivity contribution < 1.29 is 46.5 Å². The van der Waals surface area contributed by atoms with Crippen LogP contribution in [-0.4, -0.2) is 48.6 Å². The number of para-hydroxylation sites is 2. The van der Waals surface area contributed by atoms with Gasteiger partial charge in [0.05, 0.1) is 17.3 Å². The Morgan fingerprint density at radius 2 is 1.72 bits per heavy atom. The van der Waals surface area contributed by atoms with Crippen LogP contribution >= 0.6 is 11.6 Å². The number of anilines is 1. The van der Waals surface area contributed by atoms with E-state index in [-0.39, 0.29) is 44.8 Å². The van der Waals surface area contributed by atoms with Gasteiger partial charge >= 0.3 is 18.3 Å². The van der Waals surface area contributed by atoms with E-state index in [2.05, 4.69) is 4.98 Å². The molecule has 0 N–H and O–H groups in total. The summed E-state index contributed by atoms with van der Waals surface area (Å²) < 4.78 is 60.8. The molecule has 2 aromatic carbocycles. The number of benzene rings is 2. The van der Waals surface area contributed by atoms with Gasteiger partial charge in [0.2, 0.25) is 6.29 Å². The highest BCUT2D eigenvalue weighted by molar-refractivity contribution is 6.33. The lowest BCUT2D eigenvalue weighted by molar-refractivity contribution is -0.176. The molecule has 47 heavy (non-hydrogen) atoms. The van der Waals surface area contributed by atoms with Crippen LogP contribution in [0.15, 0.2) is 54.7 Å². The fourth-order valence-corrected chi connectivity index (χ4v) is 5.14. The zero-order chi connectivity index (χ0) is 34.3. The molecule has 0 aliphatic heterocycles. The standard InChI is InChI=1S/C33H31ClF3N3O7/c1-19(31(42)45-20(2)46-32(43)47-23-9-5-4-6-10-23)44-28-12-8-7-11-27(28)40(3)30(41)21-13-14-26(34)24(15-21)25-18-39-29(33(35,36)37)16-22(25)17-38/h7-8,11-16,18-20,23H,4-6,9-10H2,1-3H3. The molecule has 1 aromatic heterocycles. The van der Waals surface area contributed by atoms with Gasteiger partial charge in [0.1, 0.15) is 17.5 Å². The van der Waals surface area contributed by atoms with Crippen molar-refractivity contribution in [3.8, 4) is 22.9 Å². The van der Waals surface area contributed by atoms with Gasteiger partial charge in [-0.3, -0.25) is 9.78 Å². The van der Waals surface area contributed by atoms with Crippen LogP contribution in [0.4, 0.5) is 23.7 Å². The molecule has 248 valence electrons. The highest BCUT2D eigenvalue weighted by Crippen LogP contribution is 2.36. The number of carbonyl (C=O) groups excluding carboxylic acids is 3. The van der Waals surface area contributed by atoms with Gasteiger partial charge in [-0.1, -0.05) is 30.2 Å². The first-order valence-electron chi connectivity index (χ1n) is 14.7. The number of nitrogens with zero attached hydrogens (tertiary/aromatic N) is 3. The van der Waals surface area contributed by atoms with E-state index in [0.29, 0.717) is 6.07 Å². The summed E-state index contributed by atoms with van der Waals surface area (Å²) in [4.78, 5) is 43.1. The molecule has 1 heterocycles. The first kappa shape index (κ1) is 35.0. The number of rotatable bonds is 9. The molecule has 0 bridgehead atoms. The number of nitriles is 1. The third kappa shape index (κ3) is 8.92. The van der Waals surface area contributed by atoms with Gasteiger partial charge in [-0.2, -0.15) is 18.4 Å². The van der Waals surface area contributed by atoms with Crippen LogP contribution in [0.2, 0.25) is 5.02 Å². The van der Waals surface area contributed by atoms with Crippen LogP contribution in [0.5, 0.6) is 5.75 Å². The Labute approximate surface area is 273 Å². The minimum atomic E-state index is -4.76. The second kappa shape index (κ2) is 15.2. The molecule has 1 amide bonds. The maximum Gasteiger partial charge on any atom is 0.511 e. The first-order chi connectivity index (χ1) is 22.3. The highest BCUT2D eigenvalue weighted by atomic mass is 35.5. The van der Waals surface area contributed by atoms with E-state index in [4.69, 9.17) is 30.5 Å². The van der Waals surface area contributed by atoms with Crippen molar-refractivity contribution in [3.63, 3.8) is 0 Å². The molecule has 1 aliphatic rings. The van der Waals surface area contributed by atoms with Crippen molar-refractivity contribution in [1.82, 2.24) is 4.98 Å². The van der Waals surface area contributed by atoms with E-state index in [1.165, 1.54) is 50.1 Å². The van der Waals surface area contributed by atoms with Gasteiger partial charge in [-0.25, -0.2) is 9.59 Å². The zero-order valence-corrected chi connectivity index (χ0v) is 26.4. The third-order valence-electron chi connectivity index (χ3n) is 7.34. The summed E-state index contributed by atoms with van der Waals surface area (Å²) in [6.07, 6.45) is -2.94. The minimum absolute atomic E-state index is 0.0133. The van der Waals surface area contributed by atoms with Crippen LogP contribution in [0.1, 0.15) is 67.6 Å². The first-order valence-corrected chi connectivity index (χ1v) is 15.0. The molecule has 3 aromatic rings. The number of halogens is 4.